The number of rotatable bonds is 7. The van der Waals surface area contributed by atoms with Crippen molar-refractivity contribution >= 4 is 39.1 Å². The molecule has 1 unspecified atom stereocenters. The van der Waals surface area contributed by atoms with E-state index < -0.39 is 0 Å². The van der Waals surface area contributed by atoms with Crippen LogP contribution in [0.25, 0.3) is 10.2 Å². The zero-order valence-electron chi connectivity index (χ0n) is 13.8. The van der Waals surface area contributed by atoms with Crippen LogP contribution in [0.1, 0.15) is 37.1 Å². The number of aromatic nitrogens is 1. The summed E-state index contributed by atoms with van der Waals surface area (Å²) in [6.07, 6.45) is 8.57. The van der Waals surface area contributed by atoms with E-state index in [1.165, 1.54) is 31.8 Å². The first kappa shape index (κ1) is 17.4. The van der Waals surface area contributed by atoms with E-state index >= 15 is 0 Å². The zero-order chi connectivity index (χ0) is 16.9. The lowest BCUT2D eigenvalue weighted by molar-refractivity contribution is -0.116. The van der Waals surface area contributed by atoms with Crippen LogP contribution in [0.2, 0.25) is 5.02 Å². The lowest BCUT2D eigenvalue weighted by atomic mass is 9.87. The van der Waals surface area contributed by atoms with E-state index in [1.807, 2.05) is 18.2 Å². The molecule has 1 aromatic carbocycles. The lowest BCUT2D eigenvalue weighted by Crippen LogP contribution is -2.31. The predicted octanol–water partition coefficient (Wildman–Crippen LogP) is 4.99. The Morgan fingerprint density at radius 2 is 2.25 bits per heavy atom. The molecule has 1 aromatic heterocycles. The molecule has 1 heterocycles. The number of hydrogen-bond acceptors (Lipinski definition) is 3. The molecule has 3 nitrogen and oxygen atoms in total. The van der Waals surface area contributed by atoms with Crippen molar-refractivity contribution in [1.82, 2.24) is 10.3 Å². The molecular formula is C19H23ClN2OS. The molecular weight excluding hydrogens is 340 g/mol. The van der Waals surface area contributed by atoms with Gasteiger partial charge in [0, 0.05) is 11.6 Å². The average Bonchev–Trinajstić information content (AvgIpc) is 3.23. The Balaban J connectivity index is 1.64. The van der Waals surface area contributed by atoms with Gasteiger partial charge in [-0.2, -0.15) is 0 Å². The van der Waals surface area contributed by atoms with E-state index in [2.05, 4.69) is 11.9 Å². The molecule has 2 aromatic rings. The maximum Gasteiger partial charge on any atom is 0.243 e. The van der Waals surface area contributed by atoms with Crippen molar-refractivity contribution in [2.75, 3.05) is 6.54 Å². The third-order valence-corrected chi connectivity index (χ3v) is 6.23. The summed E-state index contributed by atoms with van der Waals surface area (Å²) in [6, 6.07) is 5.85. The minimum atomic E-state index is -0.0763. The normalized spacial score (nSPS) is 16.4. The van der Waals surface area contributed by atoms with Gasteiger partial charge in [0.2, 0.25) is 5.91 Å². The third kappa shape index (κ3) is 4.37. The predicted molar refractivity (Wildman–Crippen MR) is 102 cm³/mol. The Hall–Kier alpha value is -1.39. The molecule has 24 heavy (non-hydrogen) atoms. The number of aryl methyl sites for hydroxylation is 1. The summed E-state index contributed by atoms with van der Waals surface area (Å²) in [5, 5.41) is 4.90. The largest absolute Gasteiger partial charge is 0.352 e. The smallest absolute Gasteiger partial charge is 0.243 e. The van der Waals surface area contributed by atoms with Gasteiger partial charge in [-0.1, -0.05) is 43.9 Å². The molecule has 3 rings (SSSR count). The maximum atomic E-state index is 11.5. The molecule has 1 saturated carbocycles. The minimum absolute atomic E-state index is 0.0763. The van der Waals surface area contributed by atoms with Gasteiger partial charge in [-0.05, 0) is 49.0 Å². The first-order valence-corrected chi connectivity index (χ1v) is 9.80. The number of thiazole rings is 1. The fraction of sp³-hybridized carbons (Fsp3) is 0.474. The number of benzene rings is 1. The third-order valence-electron chi connectivity index (χ3n) is 4.91. The Kier molecular flexibility index (Phi) is 5.90. The van der Waals surface area contributed by atoms with E-state index in [0.717, 1.165) is 45.6 Å². The van der Waals surface area contributed by atoms with Crippen molar-refractivity contribution in [2.24, 2.45) is 11.8 Å². The second kappa shape index (κ2) is 8.13. The summed E-state index contributed by atoms with van der Waals surface area (Å²) >= 11 is 7.78. The van der Waals surface area contributed by atoms with Crippen LogP contribution >= 0.6 is 22.9 Å². The highest BCUT2D eigenvalue weighted by Gasteiger charge is 2.25. The second-order valence-electron chi connectivity index (χ2n) is 6.51. The number of amides is 1. The zero-order valence-corrected chi connectivity index (χ0v) is 15.3. The lowest BCUT2D eigenvalue weighted by Gasteiger charge is -2.23. The van der Waals surface area contributed by atoms with Gasteiger partial charge in [-0.15, -0.1) is 11.3 Å². The summed E-state index contributed by atoms with van der Waals surface area (Å²) in [5.74, 6) is 1.17. The molecule has 1 aliphatic rings. The average molecular weight is 363 g/mol. The summed E-state index contributed by atoms with van der Waals surface area (Å²) < 4.78 is 1.15. The van der Waals surface area contributed by atoms with Crippen molar-refractivity contribution in [3.05, 3.63) is 40.9 Å². The molecule has 0 bridgehead atoms. The van der Waals surface area contributed by atoms with Gasteiger partial charge in [0.25, 0.3) is 0 Å². The van der Waals surface area contributed by atoms with Crippen molar-refractivity contribution < 1.29 is 4.79 Å². The number of halogens is 1. The molecule has 1 fully saturated rings. The fourth-order valence-electron chi connectivity index (χ4n) is 3.60. The standard InChI is InChI=1S/C19H23ClN2OS/c1-2-18(23)21-12-14(13-5-3-4-6-13)7-10-19-22-16-9-8-15(20)11-17(16)24-19/h2,8-9,11,13-14H,1,3-7,10,12H2,(H,21,23). The van der Waals surface area contributed by atoms with Gasteiger partial charge in [-0.3, -0.25) is 4.79 Å². The van der Waals surface area contributed by atoms with Crippen LogP contribution in [0.15, 0.2) is 30.9 Å². The number of hydrogen-bond donors (Lipinski definition) is 1. The van der Waals surface area contributed by atoms with Gasteiger partial charge in [-0.25, -0.2) is 4.98 Å². The van der Waals surface area contributed by atoms with E-state index in [-0.39, 0.29) is 5.91 Å². The van der Waals surface area contributed by atoms with Crippen molar-refractivity contribution in [2.45, 2.75) is 38.5 Å². The summed E-state index contributed by atoms with van der Waals surface area (Å²) in [6.45, 7) is 4.27. The Morgan fingerprint density at radius 3 is 3.00 bits per heavy atom. The minimum Gasteiger partial charge on any atom is -0.352 e. The van der Waals surface area contributed by atoms with Crippen LogP contribution in [0.4, 0.5) is 0 Å². The Bertz CT molecular complexity index is 721. The van der Waals surface area contributed by atoms with E-state index in [9.17, 15) is 4.79 Å². The van der Waals surface area contributed by atoms with Gasteiger partial charge in [0.1, 0.15) is 0 Å². The van der Waals surface area contributed by atoms with Crippen molar-refractivity contribution in [3.63, 3.8) is 0 Å². The summed E-state index contributed by atoms with van der Waals surface area (Å²) in [7, 11) is 0. The molecule has 1 aliphatic carbocycles. The van der Waals surface area contributed by atoms with Crippen LogP contribution in [0.3, 0.4) is 0 Å². The molecule has 5 heteroatoms. The van der Waals surface area contributed by atoms with E-state index in [4.69, 9.17) is 16.6 Å². The quantitative estimate of drug-likeness (QED) is 0.705. The number of fused-ring (bicyclic) bond motifs is 1. The molecule has 128 valence electrons. The highest BCUT2D eigenvalue weighted by atomic mass is 35.5. The summed E-state index contributed by atoms with van der Waals surface area (Å²) in [4.78, 5) is 16.2. The van der Waals surface area contributed by atoms with Crippen LogP contribution in [0.5, 0.6) is 0 Å². The van der Waals surface area contributed by atoms with Crippen LogP contribution in [0, 0.1) is 11.8 Å². The number of nitrogens with one attached hydrogen (secondary N) is 1. The first-order valence-electron chi connectivity index (χ1n) is 8.61. The van der Waals surface area contributed by atoms with Crippen molar-refractivity contribution in [1.29, 1.82) is 0 Å². The van der Waals surface area contributed by atoms with Gasteiger partial charge >= 0.3 is 0 Å². The number of carbonyl (C=O) groups is 1. The van der Waals surface area contributed by atoms with Crippen molar-refractivity contribution in [3.8, 4) is 0 Å². The Labute approximate surface area is 152 Å². The van der Waals surface area contributed by atoms with E-state index in [1.54, 1.807) is 11.3 Å². The van der Waals surface area contributed by atoms with Gasteiger partial charge < -0.3 is 5.32 Å². The van der Waals surface area contributed by atoms with Gasteiger partial charge in [0.05, 0.1) is 15.2 Å². The molecule has 1 amide bonds. The van der Waals surface area contributed by atoms with Crippen LogP contribution < -0.4 is 5.32 Å². The highest BCUT2D eigenvalue weighted by Crippen LogP contribution is 2.34. The SMILES string of the molecule is C=CC(=O)NCC(CCc1nc2ccc(Cl)cc2s1)C1CCCC1. The highest BCUT2D eigenvalue weighted by molar-refractivity contribution is 7.18. The fourth-order valence-corrected chi connectivity index (χ4v) is 4.86. The monoisotopic (exact) mass is 362 g/mol. The van der Waals surface area contributed by atoms with Crippen LogP contribution in [-0.2, 0) is 11.2 Å². The molecule has 0 spiro atoms. The first-order chi connectivity index (χ1) is 11.7. The molecule has 1 atom stereocenters. The number of nitrogens with zero attached hydrogens (tertiary/aromatic N) is 1. The van der Waals surface area contributed by atoms with Gasteiger partial charge in [0.15, 0.2) is 0 Å². The Morgan fingerprint density at radius 1 is 1.46 bits per heavy atom. The number of carbonyl (C=O) groups excluding carboxylic acids is 1. The topological polar surface area (TPSA) is 42.0 Å². The molecule has 0 saturated heterocycles. The second-order valence-corrected chi connectivity index (χ2v) is 8.06. The summed E-state index contributed by atoms with van der Waals surface area (Å²) in [5.41, 5.74) is 1.02. The van der Waals surface area contributed by atoms with E-state index in [0.29, 0.717) is 5.92 Å². The maximum absolute atomic E-state index is 11.5. The van der Waals surface area contributed by atoms with Crippen LogP contribution in [-0.4, -0.2) is 17.4 Å². The molecule has 1 N–H and O–H groups in total. The molecule has 0 aliphatic heterocycles. The molecule has 0 radical (unpaired) electrons.